The summed E-state index contributed by atoms with van der Waals surface area (Å²) in [4.78, 5) is 14.2. The van der Waals surface area contributed by atoms with Crippen LogP contribution in [0.3, 0.4) is 0 Å². The smallest absolute Gasteiger partial charge is 0.323 e. The van der Waals surface area contributed by atoms with Crippen LogP contribution in [0.25, 0.3) is 0 Å². The summed E-state index contributed by atoms with van der Waals surface area (Å²) < 4.78 is 5.38. The van der Waals surface area contributed by atoms with Crippen LogP contribution in [-0.4, -0.2) is 47.4 Å². The molecular formula is C15H26N4O2S. The molecule has 1 N–H and O–H groups in total. The molecule has 1 aromatic heterocycles. The highest BCUT2D eigenvalue weighted by Crippen LogP contribution is 2.28. The Balaban J connectivity index is 1.91. The van der Waals surface area contributed by atoms with Crippen LogP contribution in [0.1, 0.15) is 51.0 Å². The molecule has 1 fully saturated rings. The average Bonchev–Trinajstić information content (AvgIpc) is 3.18. The van der Waals surface area contributed by atoms with Gasteiger partial charge in [-0.3, -0.25) is 5.32 Å². The van der Waals surface area contributed by atoms with E-state index in [-0.39, 0.29) is 6.03 Å². The molecule has 1 aliphatic rings. The lowest BCUT2D eigenvalue weighted by molar-refractivity contribution is 0.171. The summed E-state index contributed by atoms with van der Waals surface area (Å²) in [5.41, 5.74) is 0. The Kier molecular flexibility index (Phi) is 6.57. The molecule has 1 unspecified atom stereocenters. The summed E-state index contributed by atoms with van der Waals surface area (Å²) >= 11 is 1.48. The standard InChI is InChI=1S/C15H26N4O2S/c1-4-12(5-2)13-17-18-14(22-13)16-15(20)19(6-3)9-11-7-8-21-10-11/h11-12H,4-10H2,1-3H3,(H,16,18,20). The fraction of sp³-hybridized carbons (Fsp3) is 0.800. The third-order valence-electron chi connectivity index (χ3n) is 4.16. The Morgan fingerprint density at radius 2 is 2.18 bits per heavy atom. The topological polar surface area (TPSA) is 67.4 Å². The van der Waals surface area contributed by atoms with Gasteiger partial charge < -0.3 is 9.64 Å². The van der Waals surface area contributed by atoms with E-state index in [0.29, 0.717) is 23.5 Å². The van der Waals surface area contributed by atoms with Gasteiger partial charge in [-0.2, -0.15) is 0 Å². The van der Waals surface area contributed by atoms with Crippen LogP contribution in [0.2, 0.25) is 0 Å². The van der Waals surface area contributed by atoms with Gasteiger partial charge >= 0.3 is 6.03 Å². The number of urea groups is 1. The molecule has 6 nitrogen and oxygen atoms in total. The van der Waals surface area contributed by atoms with Crippen LogP contribution >= 0.6 is 11.3 Å². The summed E-state index contributed by atoms with van der Waals surface area (Å²) in [6.07, 6.45) is 3.12. The second-order valence-corrected chi connectivity index (χ2v) is 6.67. The van der Waals surface area contributed by atoms with E-state index in [9.17, 15) is 4.79 Å². The van der Waals surface area contributed by atoms with Crippen molar-refractivity contribution in [3.05, 3.63) is 5.01 Å². The number of hydrogen-bond donors (Lipinski definition) is 1. The minimum atomic E-state index is -0.0957. The largest absolute Gasteiger partial charge is 0.381 e. The highest BCUT2D eigenvalue weighted by Gasteiger charge is 2.22. The molecule has 1 aromatic rings. The number of rotatable bonds is 7. The number of anilines is 1. The number of amides is 2. The molecule has 1 atom stereocenters. The predicted molar refractivity (Wildman–Crippen MR) is 88.4 cm³/mol. The molecule has 0 radical (unpaired) electrons. The quantitative estimate of drug-likeness (QED) is 0.834. The Labute approximate surface area is 136 Å². The molecule has 2 amide bonds. The van der Waals surface area contributed by atoms with Crippen molar-refractivity contribution in [2.45, 2.75) is 46.0 Å². The van der Waals surface area contributed by atoms with Gasteiger partial charge in [0.2, 0.25) is 5.13 Å². The molecule has 0 aliphatic carbocycles. The minimum absolute atomic E-state index is 0.0957. The molecule has 0 saturated carbocycles. The summed E-state index contributed by atoms with van der Waals surface area (Å²) in [5.74, 6) is 0.876. The van der Waals surface area contributed by atoms with Crippen LogP contribution < -0.4 is 5.32 Å². The van der Waals surface area contributed by atoms with E-state index < -0.39 is 0 Å². The normalized spacial score (nSPS) is 17.9. The van der Waals surface area contributed by atoms with Crippen molar-refractivity contribution in [1.29, 1.82) is 0 Å². The van der Waals surface area contributed by atoms with Crippen LogP contribution in [-0.2, 0) is 4.74 Å². The maximum Gasteiger partial charge on any atom is 0.323 e. The fourth-order valence-electron chi connectivity index (χ4n) is 2.65. The van der Waals surface area contributed by atoms with Crippen LogP contribution in [0.4, 0.5) is 9.93 Å². The number of aromatic nitrogens is 2. The lowest BCUT2D eigenvalue weighted by atomic mass is 10.1. The van der Waals surface area contributed by atoms with E-state index >= 15 is 0 Å². The van der Waals surface area contributed by atoms with E-state index in [2.05, 4.69) is 29.4 Å². The van der Waals surface area contributed by atoms with Crippen molar-refractivity contribution in [3.8, 4) is 0 Å². The Morgan fingerprint density at radius 1 is 1.41 bits per heavy atom. The molecule has 7 heteroatoms. The first-order valence-corrected chi connectivity index (χ1v) is 8.96. The molecule has 1 saturated heterocycles. The number of ether oxygens (including phenoxy) is 1. The van der Waals surface area contributed by atoms with E-state index in [4.69, 9.17) is 4.74 Å². The zero-order chi connectivity index (χ0) is 15.9. The SMILES string of the molecule is CCC(CC)c1nnc(NC(=O)N(CC)CC2CCOC2)s1. The van der Waals surface area contributed by atoms with Crippen molar-refractivity contribution in [2.75, 3.05) is 31.6 Å². The first kappa shape index (κ1) is 17.1. The lowest BCUT2D eigenvalue weighted by Gasteiger charge is -2.23. The number of nitrogens with one attached hydrogen (secondary N) is 1. The zero-order valence-corrected chi connectivity index (χ0v) is 14.5. The number of hydrogen-bond acceptors (Lipinski definition) is 5. The summed E-state index contributed by atoms with van der Waals surface area (Å²) in [5, 5.41) is 12.8. The van der Waals surface area contributed by atoms with Gasteiger partial charge in [0.15, 0.2) is 0 Å². The van der Waals surface area contributed by atoms with Gasteiger partial charge in [0, 0.05) is 31.5 Å². The van der Waals surface area contributed by atoms with Gasteiger partial charge in [0.25, 0.3) is 0 Å². The van der Waals surface area contributed by atoms with Gasteiger partial charge in [-0.05, 0) is 26.2 Å². The molecule has 1 aliphatic heterocycles. The Bertz CT molecular complexity index is 470. The maximum absolute atomic E-state index is 12.4. The minimum Gasteiger partial charge on any atom is -0.381 e. The van der Waals surface area contributed by atoms with Crippen LogP contribution in [0.15, 0.2) is 0 Å². The van der Waals surface area contributed by atoms with Crippen molar-refractivity contribution in [1.82, 2.24) is 15.1 Å². The van der Waals surface area contributed by atoms with Crippen LogP contribution in [0.5, 0.6) is 0 Å². The van der Waals surface area contributed by atoms with Crippen molar-refractivity contribution in [2.24, 2.45) is 5.92 Å². The first-order valence-electron chi connectivity index (χ1n) is 8.14. The number of carbonyl (C=O) groups excluding carboxylic acids is 1. The number of nitrogens with zero attached hydrogens (tertiary/aromatic N) is 3. The molecule has 2 heterocycles. The molecule has 2 rings (SSSR count). The van der Waals surface area contributed by atoms with Gasteiger partial charge in [0.1, 0.15) is 5.01 Å². The Morgan fingerprint density at radius 3 is 2.77 bits per heavy atom. The highest BCUT2D eigenvalue weighted by molar-refractivity contribution is 7.15. The Hall–Kier alpha value is -1.21. The third-order valence-corrected chi connectivity index (χ3v) is 5.16. The molecule has 22 heavy (non-hydrogen) atoms. The first-order chi connectivity index (χ1) is 10.7. The van der Waals surface area contributed by atoms with E-state index in [1.54, 1.807) is 0 Å². The second-order valence-electron chi connectivity index (χ2n) is 5.66. The molecule has 0 spiro atoms. The average molecular weight is 326 g/mol. The third kappa shape index (κ3) is 4.39. The van der Waals surface area contributed by atoms with Gasteiger partial charge in [-0.25, -0.2) is 4.79 Å². The fourth-order valence-corrected chi connectivity index (χ4v) is 3.65. The maximum atomic E-state index is 12.4. The highest BCUT2D eigenvalue weighted by atomic mass is 32.1. The predicted octanol–water partition coefficient (Wildman–Crippen LogP) is 3.33. The summed E-state index contributed by atoms with van der Waals surface area (Å²) in [6.45, 7) is 9.26. The second kappa shape index (κ2) is 8.43. The van der Waals surface area contributed by atoms with E-state index in [1.807, 2.05) is 11.8 Å². The zero-order valence-electron chi connectivity index (χ0n) is 13.7. The molecule has 0 bridgehead atoms. The molecular weight excluding hydrogens is 300 g/mol. The monoisotopic (exact) mass is 326 g/mol. The lowest BCUT2D eigenvalue weighted by Crippen LogP contribution is -2.38. The molecule has 0 aromatic carbocycles. The summed E-state index contributed by atoms with van der Waals surface area (Å²) in [7, 11) is 0. The van der Waals surface area contributed by atoms with E-state index in [0.717, 1.165) is 44.0 Å². The summed E-state index contributed by atoms with van der Waals surface area (Å²) in [6, 6.07) is -0.0957. The van der Waals surface area contributed by atoms with E-state index in [1.165, 1.54) is 11.3 Å². The van der Waals surface area contributed by atoms with Gasteiger partial charge in [0.05, 0.1) is 6.61 Å². The van der Waals surface area contributed by atoms with Crippen molar-refractivity contribution < 1.29 is 9.53 Å². The van der Waals surface area contributed by atoms with Crippen LogP contribution in [0, 0.1) is 5.92 Å². The van der Waals surface area contributed by atoms with Gasteiger partial charge in [-0.1, -0.05) is 25.2 Å². The van der Waals surface area contributed by atoms with Crippen molar-refractivity contribution >= 4 is 22.5 Å². The van der Waals surface area contributed by atoms with Crippen molar-refractivity contribution in [3.63, 3.8) is 0 Å². The number of carbonyl (C=O) groups is 1. The van der Waals surface area contributed by atoms with Gasteiger partial charge in [-0.15, -0.1) is 10.2 Å². The molecule has 124 valence electrons.